The SMILES string of the molecule is C=CCOC(=O)Oc1occc1-c1ccccc1C. The number of benzene rings is 1. The fourth-order valence-corrected chi connectivity index (χ4v) is 1.68. The summed E-state index contributed by atoms with van der Waals surface area (Å²) in [6, 6.07) is 9.51. The molecule has 0 aliphatic heterocycles. The van der Waals surface area contributed by atoms with Crippen LogP contribution in [0.1, 0.15) is 5.56 Å². The van der Waals surface area contributed by atoms with Crippen LogP contribution in [0.3, 0.4) is 0 Å². The summed E-state index contributed by atoms with van der Waals surface area (Å²) in [4.78, 5) is 11.4. The molecule has 0 N–H and O–H groups in total. The first-order valence-corrected chi connectivity index (χ1v) is 5.81. The van der Waals surface area contributed by atoms with Crippen molar-refractivity contribution in [3.05, 3.63) is 54.8 Å². The summed E-state index contributed by atoms with van der Waals surface area (Å²) in [6.45, 7) is 5.52. The third-order valence-corrected chi connectivity index (χ3v) is 2.56. The van der Waals surface area contributed by atoms with Gasteiger partial charge >= 0.3 is 12.1 Å². The highest BCUT2D eigenvalue weighted by atomic mass is 16.8. The van der Waals surface area contributed by atoms with Gasteiger partial charge in [0.25, 0.3) is 0 Å². The largest absolute Gasteiger partial charge is 0.516 e. The molecule has 0 fully saturated rings. The number of aryl methyl sites for hydroxylation is 1. The van der Waals surface area contributed by atoms with E-state index in [-0.39, 0.29) is 12.6 Å². The Morgan fingerprint density at radius 2 is 2.11 bits per heavy atom. The molecular formula is C15H14O4. The Hall–Kier alpha value is -2.49. The van der Waals surface area contributed by atoms with Gasteiger partial charge in [-0.2, -0.15) is 0 Å². The van der Waals surface area contributed by atoms with E-state index in [0.29, 0.717) is 5.56 Å². The van der Waals surface area contributed by atoms with E-state index in [4.69, 9.17) is 13.9 Å². The van der Waals surface area contributed by atoms with Crippen molar-refractivity contribution in [2.75, 3.05) is 6.61 Å². The summed E-state index contributed by atoms with van der Waals surface area (Å²) in [5.74, 6) is 0.128. The Kier molecular flexibility index (Phi) is 4.03. The third-order valence-electron chi connectivity index (χ3n) is 2.56. The molecule has 0 atom stereocenters. The van der Waals surface area contributed by atoms with Gasteiger partial charge in [-0.1, -0.05) is 36.9 Å². The van der Waals surface area contributed by atoms with Crippen molar-refractivity contribution in [2.45, 2.75) is 6.92 Å². The fraction of sp³-hybridized carbons (Fsp3) is 0.133. The van der Waals surface area contributed by atoms with Crippen LogP contribution in [0.15, 0.2) is 53.7 Å². The monoisotopic (exact) mass is 258 g/mol. The van der Waals surface area contributed by atoms with Gasteiger partial charge in [0.1, 0.15) is 6.61 Å². The first-order valence-electron chi connectivity index (χ1n) is 5.81. The van der Waals surface area contributed by atoms with E-state index < -0.39 is 6.16 Å². The molecule has 98 valence electrons. The number of rotatable bonds is 4. The van der Waals surface area contributed by atoms with Crippen molar-refractivity contribution in [3.63, 3.8) is 0 Å². The van der Waals surface area contributed by atoms with E-state index in [1.165, 1.54) is 12.3 Å². The topological polar surface area (TPSA) is 48.7 Å². The Labute approximate surface area is 111 Å². The maximum absolute atomic E-state index is 11.4. The minimum Gasteiger partial charge on any atom is -0.433 e. The second-order valence-electron chi connectivity index (χ2n) is 3.89. The zero-order chi connectivity index (χ0) is 13.7. The van der Waals surface area contributed by atoms with Crippen LogP contribution in [-0.2, 0) is 4.74 Å². The number of carbonyl (C=O) groups excluding carboxylic acids is 1. The molecule has 0 amide bonds. The Bertz CT molecular complexity index is 583. The summed E-state index contributed by atoms with van der Waals surface area (Å²) in [7, 11) is 0. The van der Waals surface area contributed by atoms with Crippen LogP contribution >= 0.6 is 0 Å². The molecule has 4 heteroatoms. The molecule has 2 rings (SSSR count). The zero-order valence-electron chi connectivity index (χ0n) is 10.6. The van der Waals surface area contributed by atoms with Gasteiger partial charge in [0, 0.05) is 0 Å². The normalized spacial score (nSPS) is 9.95. The van der Waals surface area contributed by atoms with Gasteiger partial charge in [-0.25, -0.2) is 4.79 Å². The quantitative estimate of drug-likeness (QED) is 0.615. The predicted molar refractivity (Wildman–Crippen MR) is 71.1 cm³/mol. The van der Waals surface area contributed by atoms with Crippen molar-refractivity contribution < 1.29 is 18.7 Å². The number of hydrogen-bond acceptors (Lipinski definition) is 4. The molecule has 0 spiro atoms. The van der Waals surface area contributed by atoms with E-state index in [1.54, 1.807) is 6.07 Å². The molecular weight excluding hydrogens is 244 g/mol. The summed E-state index contributed by atoms with van der Waals surface area (Å²) in [5, 5.41) is 0. The highest BCUT2D eigenvalue weighted by Gasteiger charge is 2.16. The molecule has 0 aliphatic rings. The highest BCUT2D eigenvalue weighted by molar-refractivity contribution is 5.74. The van der Waals surface area contributed by atoms with Crippen molar-refractivity contribution in [2.24, 2.45) is 0 Å². The fourth-order valence-electron chi connectivity index (χ4n) is 1.68. The predicted octanol–water partition coefficient (Wildman–Crippen LogP) is 3.96. The Balaban J connectivity index is 2.21. The second-order valence-corrected chi connectivity index (χ2v) is 3.89. The molecule has 0 saturated carbocycles. The number of furan rings is 1. The number of carbonyl (C=O) groups is 1. The van der Waals surface area contributed by atoms with Crippen LogP contribution in [0.4, 0.5) is 4.79 Å². The molecule has 0 saturated heterocycles. The van der Waals surface area contributed by atoms with Gasteiger partial charge in [0.15, 0.2) is 0 Å². The van der Waals surface area contributed by atoms with Crippen molar-refractivity contribution in [1.29, 1.82) is 0 Å². The summed E-state index contributed by atoms with van der Waals surface area (Å²) >= 11 is 0. The number of hydrogen-bond donors (Lipinski definition) is 0. The summed E-state index contributed by atoms with van der Waals surface area (Å²) < 4.78 is 14.9. The molecule has 0 aliphatic carbocycles. The molecule has 0 radical (unpaired) electrons. The molecule has 2 aromatic rings. The van der Waals surface area contributed by atoms with Crippen LogP contribution in [-0.4, -0.2) is 12.8 Å². The smallest absolute Gasteiger partial charge is 0.433 e. The molecule has 0 unspecified atom stereocenters. The van der Waals surface area contributed by atoms with Gasteiger partial charge in [-0.15, -0.1) is 0 Å². The lowest BCUT2D eigenvalue weighted by Gasteiger charge is -2.06. The second kappa shape index (κ2) is 5.91. The lowest BCUT2D eigenvalue weighted by atomic mass is 10.0. The first kappa shape index (κ1) is 13.0. The lowest BCUT2D eigenvalue weighted by Crippen LogP contribution is -2.10. The minimum absolute atomic E-state index is 0.0965. The van der Waals surface area contributed by atoms with Crippen molar-refractivity contribution >= 4 is 6.16 Å². The third kappa shape index (κ3) is 3.04. The standard InChI is InChI=1S/C15H14O4/c1-3-9-18-15(16)19-14-13(8-10-17-14)12-7-5-4-6-11(12)2/h3-8,10H,1,9H2,2H3. The van der Waals surface area contributed by atoms with Gasteiger partial charge < -0.3 is 13.9 Å². The molecule has 1 heterocycles. The lowest BCUT2D eigenvalue weighted by molar-refractivity contribution is 0.100. The Morgan fingerprint density at radius 1 is 1.32 bits per heavy atom. The van der Waals surface area contributed by atoms with E-state index in [1.807, 2.05) is 31.2 Å². The molecule has 0 bridgehead atoms. The highest BCUT2D eigenvalue weighted by Crippen LogP contribution is 2.33. The average molecular weight is 258 g/mol. The van der Waals surface area contributed by atoms with Crippen LogP contribution in [0.2, 0.25) is 0 Å². The minimum atomic E-state index is -0.815. The number of ether oxygens (including phenoxy) is 2. The molecule has 1 aromatic carbocycles. The zero-order valence-corrected chi connectivity index (χ0v) is 10.6. The van der Waals surface area contributed by atoms with Crippen LogP contribution in [0.5, 0.6) is 5.95 Å². The van der Waals surface area contributed by atoms with Crippen LogP contribution < -0.4 is 4.74 Å². The molecule has 19 heavy (non-hydrogen) atoms. The average Bonchev–Trinajstić information content (AvgIpc) is 2.85. The molecule has 4 nitrogen and oxygen atoms in total. The molecule has 1 aromatic heterocycles. The Morgan fingerprint density at radius 3 is 2.84 bits per heavy atom. The van der Waals surface area contributed by atoms with Gasteiger partial charge in [0.05, 0.1) is 11.8 Å². The van der Waals surface area contributed by atoms with E-state index >= 15 is 0 Å². The van der Waals surface area contributed by atoms with Gasteiger partial charge in [-0.05, 0) is 24.1 Å². The van der Waals surface area contributed by atoms with E-state index in [9.17, 15) is 4.79 Å². The maximum atomic E-state index is 11.4. The maximum Gasteiger partial charge on any atom is 0.516 e. The van der Waals surface area contributed by atoms with Gasteiger partial charge in [0.2, 0.25) is 0 Å². The van der Waals surface area contributed by atoms with Crippen molar-refractivity contribution in [3.8, 4) is 17.1 Å². The van der Waals surface area contributed by atoms with Gasteiger partial charge in [-0.3, -0.25) is 0 Å². The van der Waals surface area contributed by atoms with E-state index in [0.717, 1.165) is 11.1 Å². The van der Waals surface area contributed by atoms with E-state index in [2.05, 4.69) is 6.58 Å². The summed E-state index contributed by atoms with van der Waals surface area (Å²) in [6.07, 6.45) is 2.12. The first-order chi connectivity index (χ1) is 9.22. The van der Waals surface area contributed by atoms with Crippen molar-refractivity contribution in [1.82, 2.24) is 0 Å². The van der Waals surface area contributed by atoms with Crippen LogP contribution in [0, 0.1) is 6.92 Å². The summed E-state index contributed by atoms with van der Waals surface area (Å²) in [5.41, 5.74) is 2.73. The van der Waals surface area contributed by atoms with Crippen LogP contribution in [0.25, 0.3) is 11.1 Å².